The maximum Gasteiger partial charge on any atom is 0.141 e. The molecule has 11 heavy (non-hydrogen) atoms. The molecule has 0 spiro atoms. The lowest BCUT2D eigenvalue weighted by molar-refractivity contribution is 0.466. The number of halogens is 1. The van der Waals surface area contributed by atoms with E-state index in [1.807, 2.05) is 0 Å². The summed E-state index contributed by atoms with van der Waals surface area (Å²) in [5, 5.41) is 18.7. The fraction of sp³-hybridized carbons (Fsp3) is 0. The fourth-order valence-electron chi connectivity index (χ4n) is 0.622. The Balaban J connectivity index is 3.01. The van der Waals surface area contributed by atoms with Gasteiger partial charge in [0.05, 0.1) is 4.90 Å². The largest absolute Gasteiger partial charge is 0.508 e. The molecule has 0 radical (unpaired) electrons. The van der Waals surface area contributed by atoms with Crippen LogP contribution >= 0.6 is 11.8 Å². The minimum Gasteiger partial charge on any atom is -0.508 e. The van der Waals surface area contributed by atoms with Crippen LogP contribution in [-0.4, -0.2) is 5.11 Å². The van der Waals surface area contributed by atoms with Crippen molar-refractivity contribution < 1.29 is 9.50 Å². The number of phenols is 1. The van der Waals surface area contributed by atoms with Gasteiger partial charge in [0.1, 0.15) is 17.0 Å². The molecule has 0 heterocycles. The van der Waals surface area contributed by atoms with E-state index >= 15 is 0 Å². The molecule has 0 aromatic heterocycles. The molecule has 0 aliphatic heterocycles. The van der Waals surface area contributed by atoms with E-state index in [4.69, 9.17) is 10.4 Å². The van der Waals surface area contributed by atoms with Gasteiger partial charge < -0.3 is 5.11 Å². The highest BCUT2D eigenvalue weighted by molar-refractivity contribution is 8.03. The van der Waals surface area contributed by atoms with Crippen LogP contribution in [0.15, 0.2) is 23.1 Å². The average molecular weight is 169 g/mol. The Morgan fingerprint density at radius 1 is 1.55 bits per heavy atom. The normalized spacial score (nSPS) is 9.09. The second-order valence-corrected chi connectivity index (χ2v) is 2.63. The van der Waals surface area contributed by atoms with Gasteiger partial charge in [-0.1, -0.05) is 0 Å². The summed E-state index contributed by atoms with van der Waals surface area (Å²) < 4.78 is 12.7. The SMILES string of the molecule is N#CSc1ccc(O)cc1F. The smallest absolute Gasteiger partial charge is 0.141 e. The zero-order valence-corrected chi connectivity index (χ0v) is 6.23. The van der Waals surface area contributed by atoms with Crippen molar-refractivity contribution in [2.24, 2.45) is 0 Å². The number of rotatable bonds is 1. The van der Waals surface area contributed by atoms with Crippen molar-refractivity contribution in [3.63, 3.8) is 0 Å². The Labute approximate surface area is 67.3 Å². The zero-order valence-electron chi connectivity index (χ0n) is 5.41. The van der Waals surface area contributed by atoms with Crippen LogP contribution < -0.4 is 0 Å². The molecular weight excluding hydrogens is 165 g/mol. The van der Waals surface area contributed by atoms with Crippen LogP contribution in [0.4, 0.5) is 4.39 Å². The van der Waals surface area contributed by atoms with Crippen molar-refractivity contribution >= 4 is 11.8 Å². The average Bonchev–Trinajstić information content (AvgIpc) is 1.95. The van der Waals surface area contributed by atoms with Crippen LogP contribution in [0.1, 0.15) is 0 Å². The highest BCUT2D eigenvalue weighted by Gasteiger charge is 2.02. The molecular formula is C7H4FNOS. The van der Waals surface area contributed by atoms with Crippen molar-refractivity contribution in [1.82, 2.24) is 0 Å². The minimum atomic E-state index is -0.573. The summed E-state index contributed by atoms with van der Waals surface area (Å²) in [5.41, 5.74) is 0. The van der Waals surface area contributed by atoms with Gasteiger partial charge in [-0.3, -0.25) is 0 Å². The van der Waals surface area contributed by atoms with Crippen LogP contribution in [0, 0.1) is 16.5 Å². The van der Waals surface area contributed by atoms with Crippen LogP contribution in [0.25, 0.3) is 0 Å². The molecule has 56 valence electrons. The van der Waals surface area contributed by atoms with E-state index in [1.54, 1.807) is 5.40 Å². The standard InChI is InChI=1S/C7H4FNOS/c8-6-3-5(10)1-2-7(6)11-4-9/h1-3,10H. The first-order valence-electron chi connectivity index (χ1n) is 2.78. The third-order valence-corrected chi connectivity index (χ3v) is 1.71. The van der Waals surface area contributed by atoms with E-state index in [0.717, 1.165) is 17.8 Å². The minimum absolute atomic E-state index is 0.134. The van der Waals surface area contributed by atoms with Gasteiger partial charge in [-0.05, 0) is 23.9 Å². The van der Waals surface area contributed by atoms with Crippen molar-refractivity contribution in [2.45, 2.75) is 4.90 Å². The van der Waals surface area contributed by atoms with Gasteiger partial charge in [-0.15, -0.1) is 0 Å². The van der Waals surface area contributed by atoms with Gasteiger partial charge in [0.25, 0.3) is 0 Å². The first kappa shape index (κ1) is 7.89. The fourth-order valence-corrected chi connectivity index (χ4v) is 1.01. The molecule has 0 amide bonds. The van der Waals surface area contributed by atoms with Crippen LogP contribution in [-0.2, 0) is 0 Å². The van der Waals surface area contributed by atoms with E-state index in [1.165, 1.54) is 12.1 Å². The maximum absolute atomic E-state index is 12.7. The number of hydrogen-bond donors (Lipinski definition) is 1. The first-order chi connectivity index (χ1) is 5.24. The number of phenolic OH excluding ortho intramolecular Hbond substituents is 1. The van der Waals surface area contributed by atoms with Crippen molar-refractivity contribution in [3.05, 3.63) is 24.0 Å². The van der Waals surface area contributed by atoms with Gasteiger partial charge >= 0.3 is 0 Å². The van der Waals surface area contributed by atoms with Gasteiger partial charge in [0.15, 0.2) is 0 Å². The number of nitrogens with zero attached hydrogens (tertiary/aromatic N) is 1. The number of benzene rings is 1. The highest BCUT2D eigenvalue weighted by Crippen LogP contribution is 2.23. The molecule has 0 aliphatic carbocycles. The number of aromatic hydroxyl groups is 1. The van der Waals surface area contributed by atoms with Crippen LogP contribution in [0.3, 0.4) is 0 Å². The molecule has 0 fully saturated rings. The summed E-state index contributed by atoms with van der Waals surface area (Å²) in [6.07, 6.45) is 0. The molecule has 0 aliphatic rings. The summed E-state index contributed by atoms with van der Waals surface area (Å²) in [6.45, 7) is 0. The van der Waals surface area contributed by atoms with Crippen molar-refractivity contribution in [1.29, 1.82) is 5.26 Å². The Morgan fingerprint density at radius 2 is 2.27 bits per heavy atom. The molecule has 4 heteroatoms. The Bertz CT molecular complexity index is 308. The number of hydrogen-bond acceptors (Lipinski definition) is 3. The molecule has 1 aromatic carbocycles. The maximum atomic E-state index is 12.7. The quantitative estimate of drug-likeness (QED) is 0.517. The second kappa shape index (κ2) is 3.26. The molecule has 0 saturated carbocycles. The molecule has 2 nitrogen and oxygen atoms in total. The summed E-state index contributed by atoms with van der Waals surface area (Å²) in [6, 6.07) is 3.67. The van der Waals surface area contributed by atoms with Crippen LogP contribution in [0.2, 0.25) is 0 Å². The lowest BCUT2D eigenvalue weighted by Gasteiger charge is -1.95. The topological polar surface area (TPSA) is 44.0 Å². The lowest BCUT2D eigenvalue weighted by Crippen LogP contribution is -1.77. The predicted molar refractivity (Wildman–Crippen MR) is 39.5 cm³/mol. The van der Waals surface area contributed by atoms with Gasteiger partial charge in [0, 0.05) is 6.07 Å². The van der Waals surface area contributed by atoms with E-state index in [0.29, 0.717) is 0 Å². The molecule has 1 N–H and O–H groups in total. The molecule has 0 unspecified atom stereocenters. The van der Waals surface area contributed by atoms with E-state index in [2.05, 4.69) is 0 Å². The number of thiocyanates is 1. The second-order valence-electron chi connectivity index (χ2n) is 1.81. The molecule has 1 rings (SSSR count). The molecule has 0 saturated heterocycles. The van der Waals surface area contributed by atoms with E-state index in [-0.39, 0.29) is 10.6 Å². The Hall–Kier alpha value is -1.21. The third kappa shape index (κ3) is 1.85. The predicted octanol–water partition coefficient (Wildman–Crippen LogP) is 2.10. The van der Waals surface area contributed by atoms with Gasteiger partial charge in [-0.25, -0.2) is 4.39 Å². The van der Waals surface area contributed by atoms with Crippen molar-refractivity contribution in [2.75, 3.05) is 0 Å². The van der Waals surface area contributed by atoms with Gasteiger partial charge in [-0.2, -0.15) is 5.26 Å². The summed E-state index contributed by atoms with van der Waals surface area (Å²) in [7, 11) is 0. The monoisotopic (exact) mass is 169 g/mol. The van der Waals surface area contributed by atoms with Gasteiger partial charge in [0.2, 0.25) is 0 Å². The molecule has 0 bridgehead atoms. The van der Waals surface area contributed by atoms with E-state index < -0.39 is 5.82 Å². The number of thioether (sulfide) groups is 1. The third-order valence-electron chi connectivity index (χ3n) is 1.07. The number of nitriles is 1. The Morgan fingerprint density at radius 3 is 2.82 bits per heavy atom. The summed E-state index contributed by atoms with van der Waals surface area (Å²) in [4.78, 5) is 0.227. The first-order valence-corrected chi connectivity index (χ1v) is 3.60. The lowest BCUT2D eigenvalue weighted by atomic mass is 10.3. The van der Waals surface area contributed by atoms with Crippen molar-refractivity contribution in [3.8, 4) is 11.2 Å². The zero-order chi connectivity index (χ0) is 8.27. The van der Waals surface area contributed by atoms with E-state index in [9.17, 15) is 4.39 Å². The highest BCUT2D eigenvalue weighted by atomic mass is 32.2. The van der Waals surface area contributed by atoms with Crippen LogP contribution in [0.5, 0.6) is 5.75 Å². The Kier molecular flexibility index (Phi) is 2.34. The summed E-state index contributed by atoms with van der Waals surface area (Å²) in [5.74, 6) is -0.707. The molecule has 1 aromatic rings. The molecule has 0 atom stereocenters. The summed E-state index contributed by atoms with van der Waals surface area (Å²) >= 11 is 0.730.